The minimum absolute atomic E-state index is 0.349. The Labute approximate surface area is 102 Å². The zero-order chi connectivity index (χ0) is 13.3. The Balaban J connectivity index is 0.00000121. The summed E-state index contributed by atoms with van der Waals surface area (Å²) in [6.07, 6.45) is 4.32. The van der Waals surface area contributed by atoms with Crippen molar-refractivity contribution in [3.05, 3.63) is 23.8 Å². The van der Waals surface area contributed by atoms with Gasteiger partial charge in [-0.1, -0.05) is 13.8 Å². The summed E-state index contributed by atoms with van der Waals surface area (Å²) in [7, 11) is 0. The number of anilines is 1. The molecule has 17 heavy (non-hydrogen) atoms. The number of hydrogen-bond acceptors (Lipinski definition) is 5. The third-order valence-corrected chi connectivity index (χ3v) is 1.63. The molecule has 1 heterocycles. The van der Waals surface area contributed by atoms with Crippen LogP contribution < -0.4 is 5.73 Å². The van der Waals surface area contributed by atoms with E-state index >= 15 is 0 Å². The number of ether oxygens (including phenoxy) is 1. The molecule has 1 rings (SSSR count). The van der Waals surface area contributed by atoms with Gasteiger partial charge in [-0.25, -0.2) is 14.8 Å². The molecule has 0 saturated heterocycles. The SMILES string of the molecule is CC.CCOC(=O)/C=C/c1nc(C)ncc1N. The number of rotatable bonds is 3. The van der Waals surface area contributed by atoms with Gasteiger partial charge in [0.1, 0.15) is 5.82 Å². The highest BCUT2D eigenvalue weighted by Gasteiger charge is 1.99. The predicted octanol–water partition coefficient (Wildman–Crippen LogP) is 1.97. The number of nitrogens with zero attached hydrogens (tertiary/aromatic N) is 2. The van der Waals surface area contributed by atoms with E-state index < -0.39 is 5.97 Å². The lowest BCUT2D eigenvalue weighted by Gasteiger charge is -1.99. The molecular weight excluding hydrogens is 218 g/mol. The Morgan fingerprint density at radius 2 is 2.18 bits per heavy atom. The monoisotopic (exact) mass is 237 g/mol. The summed E-state index contributed by atoms with van der Waals surface area (Å²) in [5.74, 6) is 0.195. The van der Waals surface area contributed by atoms with Crippen LogP contribution in [0, 0.1) is 6.92 Å². The Kier molecular flexibility index (Phi) is 7.34. The highest BCUT2D eigenvalue weighted by molar-refractivity contribution is 5.87. The van der Waals surface area contributed by atoms with Crippen molar-refractivity contribution in [2.24, 2.45) is 0 Å². The van der Waals surface area contributed by atoms with E-state index in [9.17, 15) is 4.79 Å². The first-order valence-corrected chi connectivity index (χ1v) is 5.57. The molecule has 0 aliphatic carbocycles. The molecule has 2 N–H and O–H groups in total. The van der Waals surface area contributed by atoms with Crippen LogP contribution in [0.3, 0.4) is 0 Å². The lowest BCUT2D eigenvalue weighted by Crippen LogP contribution is -2.01. The van der Waals surface area contributed by atoms with Crippen LogP contribution in [-0.2, 0) is 9.53 Å². The summed E-state index contributed by atoms with van der Waals surface area (Å²) in [6, 6.07) is 0. The van der Waals surface area contributed by atoms with Crippen molar-refractivity contribution < 1.29 is 9.53 Å². The average molecular weight is 237 g/mol. The van der Waals surface area contributed by atoms with Crippen molar-refractivity contribution in [1.29, 1.82) is 0 Å². The molecule has 1 aromatic heterocycles. The molecule has 0 bridgehead atoms. The van der Waals surface area contributed by atoms with Crippen molar-refractivity contribution >= 4 is 17.7 Å². The molecule has 0 saturated carbocycles. The molecule has 0 aliphatic heterocycles. The third-order valence-electron chi connectivity index (χ3n) is 1.63. The van der Waals surface area contributed by atoms with Gasteiger partial charge >= 0.3 is 5.97 Å². The molecule has 0 aromatic carbocycles. The van der Waals surface area contributed by atoms with Gasteiger partial charge in [-0.3, -0.25) is 0 Å². The third kappa shape index (κ3) is 5.65. The molecule has 0 fully saturated rings. The zero-order valence-corrected chi connectivity index (χ0v) is 10.7. The van der Waals surface area contributed by atoms with E-state index in [1.807, 2.05) is 13.8 Å². The molecule has 0 radical (unpaired) electrons. The molecule has 5 nitrogen and oxygen atoms in total. The Morgan fingerprint density at radius 1 is 1.53 bits per heavy atom. The Hall–Kier alpha value is -1.91. The summed E-state index contributed by atoms with van der Waals surface area (Å²) >= 11 is 0. The van der Waals surface area contributed by atoms with E-state index in [1.54, 1.807) is 13.8 Å². The molecule has 94 valence electrons. The van der Waals surface area contributed by atoms with E-state index in [4.69, 9.17) is 10.5 Å². The van der Waals surface area contributed by atoms with Gasteiger partial charge in [0.25, 0.3) is 0 Å². The van der Waals surface area contributed by atoms with Gasteiger partial charge in [-0.05, 0) is 19.9 Å². The van der Waals surface area contributed by atoms with Crippen molar-refractivity contribution in [1.82, 2.24) is 9.97 Å². The van der Waals surface area contributed by atoms with Gasteiger partial charge in [0.2, 0.25) is 0 Å². The van der Waals surface area contributed by atoms with Crippen LogP contribution >= 0.6 is 0 Å². The normalized spacial score (nSPS) is 9.65. The van der Waals surface area contributed by atoms with Crippen LogP contribution in [-0.4, -0.2) is 22.5 Å². The molecule has 1 aromatic rings. The van der Waals surface area contributed by atoms with E-state index in [-0.39, 0.29) is 0 Å². The number of hydrogen-bond donors (Lipinski definition) is 1. The smallest absolute Gasteiger partial charge is 0.330 e. The second kappa shape index (κ2) is 8.27. The number of carbonyl (C=O) groups excluding carboxylic acids is 1. The fourth-order valence-corrected chi connectivity index (χ4v) is 0.968. The van der Waals surface area contributed by atoms with Crippen molar-refractivity contribution in [3.8, 4) is 0 Å². The molecule has 5 heteroatoms. The van der Waals surface area contributed by atoms with Gasteiger partial charge in [0.15, 0.2) is 0 Å². The van der Waals surface area contributed by atoms with Gasteiger partial charge in [0, 0.05) is 6.08 Å². The molecule has 0 aliphatic rings. The molecule has 0 amide bonds. The number of carbonyl (C=O) groups is 1. The molecular formula is C12H19N3O2. The number of aromatic nitrogens is 2. The maximum absolute atomic E-state index is 11.0. The quantitative estimate of drug-likeness (QED) is 0.642. The van der Waals surface area contributed by atoms with E-state index in [0.29, 0.717) is 23.8 Å². The van der Waals surface area contributed by atoms with Crippen LogP contribution in [0.4, 0.5) is 5.69 Å². The Morgan fingerprint density at radius 3 is 2.76 bits per heavy atom. The van der Waals surface area contributed by atoms with E-state index in [0.717, 1.165) is 0 Å². The number of nitrogen functional groups attached to an aromatic ring is 1. The first-order chi connectivity index (χ1) is 8.13. The highest BCUT2D eigenvalue weighted by Crippen LogP contribution is 2.08. The summed E-state index contributed by atoms with van der Waals surface area (Å²) < 4.78 is 4.72. The topological polar surface area (TPSA) is 78.1 Å². The summed E-state index contributed by atoms with van der Waals surface area (Å²) in [5, 5.41) is 0. The molecule has 0 atom stereocenters. The van der Waals surface area contributed by atoms with Gasteiger partial charge in [-0.2, -0.15) is 0 Å². The average Bonchev–Trinajstić information content (AvgIpc) is 2.33. The van der Waals surface area contributed by atoms with Crippen LogP contribution in [0.25, 0.3) is 6.08 Å². The molecule has 0 spiro atoms. The standard InChI is InChI=1S/C10H13N3O2.C2H6/c1-3-15-10(14)5-4-9-8(11)6-12-7(2)13-9;1-2/h4-6H,3,11H2,1-2H3;1-2H3/b5-4+;. The number of esters is 1. The largest absolute Gasteiger partial charge is 0.463 e. The lowest BCUT2D eigenvalue weighted by molar-refractivity contribution is -0.137. The van der Waals surface area contributed by atoms with Gasteiger partial charge in [0.05, 0.1) is 24.2 Å². The fraction of sp³-hybridized carbons (Fsp3) is 0.417. The summed E-state index contributed by atoms with van der Waals surface area (Å²) in [4.78, 5) is 19.0. The second-order valence-corrected chi connectivity index (χ2v) is 2.84. The maximum atomic E-state index is 11.0. The van der Waals surface area contributed by atoms with Gasteiger partial charge in [-0.15, -0.1) is 0 Å². The van der Waals surface area contributed by atoms with Crippen LogP contribution in [0.15, 0.2) is 12.3 Å². The van der Waals surface area contributed by atoms with E-state index in [1.165, 1.54) is 18.3 Å². The molecule has 0 unspecified atom stereocenters. The minimum Gasteiger partial charge on any atom is -0.463 e. The number of aryl methyl sites for hydroxylation is 1. The van der Waals surface area contributed by atoms with Crippen LogP contribution in [0.5, 0.6) is 0 Å². The summed E-state index contributed by atoms with van der Waals surface area (Å²) in [5.41, 5.74) is 6.58. The first kappa shape index (κ1) is 15.1. The zero-order valence-electron chi connectivity index (χ0n) is 10.7. The van der Waals surface area contributed by atoms with Gasteiger partial charge < -0.3 is 10.5 Å². The second-order valence-electron chi connectivity index (χ2n) is 2.84. The first-order valence-electron chi connectivity index (χ1n) is 5.57. The van der Waals surface area contributed by atoms with E-state index in [2.05, 4.69) is 9.97 Å². The number of nitrogens with two attached hydrogens (primary N) is 1. The maximum Gasteiger partial charge on any atom is 0.330 e. The van der Waals surface area contributed by atoms with Crippen molar-refractivity contribution in [3.63, 3.8) is 0 Å². The lowest BCUT2D eigenvalue weighted by atomic mass is 10.3. The van der Waals surface area contributed by atoms with Crippen molar-refractivity contribution in [2.45, 2.75) is 27.7 Å². The van der Waals surface area contributed by atoms with Crippen molar-refractivity contribution in [2.75, 3.05) is 12.3 Å². The Bertz CT molecular complexity index is 389. The fourth-order valence-electron chi connectivity index (χ4n) is 0.968. The van der Waals surface area contributed by atoms with Crippen LogP contribution in [0.2, 0.25) is 0 Å². The predicted molar refractivity (Wildman–Crippen MR) is 68.2 cm³/mol. The highest BCUT2D eigenvalue weighted by atomic mass is 16.5. The van der Waals surface area contributed by atoms with Crippen LogP contribution in [0.1, 0.15) is 32.3 Å². The minimum atomic E-state index is -0.409. The summed E-state index contributed by atoms with van der Waals surface area (Å²) in [6.45, 7) is 7.84.